The Hall–Kier alpha value is -6.94. The standard InChI is InChI=1S/C53H34N2S/c1-4-17-35(18-5-1)52-54-48(34-49(55-52)44-28-16-27-43-42-26-13-15-30-50(42)56-51(43)44)41-25-11-10-23-39(41)36-31-32-47-45(33-36)40-24-12-14-29-46(40)53(47,37-19-6-2-7-20-37)38-21-8-3-9-22-38/h1-34H. The molecule has 0 saturated carbocycles. The molecule has 0 radical (unpaired) electrons. The summed E-state index contributed by atoms with van der Waals surface area (Å²) in [5.41, 5.74) is 14.5. The van der Waals surface area contributed by atoms with Crippen LogP contribution < -0.4 is 0 Å². The van der Waals surface area contributed by atoms with Crippen molar-refractivity contribution < 1.29 is 0 Å². The molecule has 2 heterocycles. The van der Waals surface area contributed by atoms with E-state index in [1.54, 1.807) is 0 Å². The maximum absolute atomic E-state index is 5.31. The van der Waals surface area contributed by atoms with Crippen molar-refractivity contribution in [3.63, 3.8) is 0 Å². The van der Waals surface area contributed by atoms with E-state index in [1.165, 1.54) is 53.6 Å². The van der Waals surface area contributed by atoms with Gasteiger partial charge in [0.05, 0.1) is 16.8 Å². The van der Waals surface area contributed by atoms with E-state index in [2.05, 4.69) is 200 Å². The van der Waals surface area contributed by atoms with Gasteiger partial charge in [0.25, 0.3) is 0 Å². The average molecular weight is 731 g/mol. The highest BCUT2D eigenvalue weighted by molar-refractivity contribution is 7.26. The molecular weight excluding hydrogens is 697 g/mol. The molecule has 8 aromatic carbocycles. The molecule has 0 N–H and O–H groups in total. The number of aromatic nitrogens is 2. The second kappa shape index (κ2) is 13.1. The largest absolute Gasteiger partial charge is 0.228 e. The molecule has 0 spiro atoms. The van der Waals surface area contributed by atoms with Gasteiger partial charge in [0, 0.05) is 36.9 Å². The molecular formula is C53H34N2S. The number of rotatable bonds is 6. The van der Waals surface area contributed by atoms with Gasteiger partial charge in [-0.3, -0.25) is 0 Å². The van der Waals surface area contributed by atoms with Gasteiger partial charge in [0.15, 0.2) is 5.82 Å². The Morgan fingerprint density at radius 3 is 1.66 bits per heavy atom. The fraction of sp³-hybridized carbons (Fsp3) is 0.0189. The average Bonchev–Trinajstić information content (AvgIpc) is 3.81. The molecule has 0 bridgehead atoms. The third-order valence-corrected chi connectivity index (χ3v) is 12.6. The number of fused-ring (bicyclic) bond motifs is 6. The summed E-state index contributed by atoms with van der Waals surface area (Å²) in [6.07, 6.45) is 0. The molecule has 0 fully saturated rings. The molecule has 56 heavy (non-hydrogen) atoms. The molecule has 11 rings (SSSR count). The van der Waals surface area contributed by atoms with Crippen LogP contribution in [0.25, 0.3) is 76.3 Å². The van der Waals surface area contributed by atoms with E-state index >= 15 is 0 Å². The number of nitrogens with zero attached hydrogens (tertiary/aromatic N) is 2. The fourth-order valence-electron chi connectivity index (χ4n) is 8.96. The first-order valence-electron chi connectivity index (χ1n) is 19.1. The molecule has 0 amide bonds. The Labute approximate surface area is 330 Å². The van der Waals surface area contributed by atoms with Crippen molar-refractivity contribution in [1.82, 2.24) is 9.97 Å². The van der Waals surface area contributed by atoms with Crippen molar-refractivity contribution in [2.45, 2.75) is 5.41 Å². The summed E-state index contributed by atoms with van der Waals surface area (Å²) in [4.78, 5) is 10.6. The van der Waals surface area contributed by atoms with E-state index in [9.17, 15) is 0 Å². The lowest BCUT2D eigenvalue weighted by Gasteiger charge is -2.33. The highest BCUT2D eigenvalue weighted by atomic mass is 32.1. The zero-order valence-electron chi connectivity index (χ0n) is 30.4. The van der Waals surface area contributed by atoms with Crippen LogP contribution in [-0.2, 0) is 5.41 Å². The lowest BCUT2D eigenvalue weighted by Crippen LogP contribution is -2.28. The summed E-state index contributed by atoms with van der Waals surface area (Å²) in [6, 6.07) is 74.4. The summed E-state index contributed by atoms with van der Waals surface area (Å²) in [5, 5.41) is 2.53. The zero-order chi connectivity index (χ0) is 37.1. The molecule has 1 aliphatic carbocycles. The molecule has 0 saturated heterocycles. The van der Waals surface area contributed by atoms with Gasteiger partial charge in [-0.25, -0.2) is 9.97 Å². The van der Waals surface area contributed by atoms with E-state index in [4.69, 9.17) is 9.97 Å². The van der Waals surface area contributed by atoms with Gasteiger partial charge in [-0.2, -0.15) is 0 Å². The van der Waals surface area contributed by atoms with E-state index in [1.807, 2.05) is 17.4 Å². The first-order chi connectivity index (χ1) is 27.8. The van der Waals surface area contributed by atoms with E-state index in [0.29, 0.717) is 5.82 Å². The van der Waals surface area contributed by atoms with Crippen molar-refractivity contribution in [2.75, 3.05) is 0 Å². The molecule has 262 valence electrons. The Morgan fingerprint density at radius 1 is 0.357 bits per heavy atom. The second-order valence-corrected chi connectivity index (χ2v) is 15.5. The van der Waals surface area contributed by atoms with Crippen molar-refractivity contribution in [3.05, 3.63) is 229 Å². The summed E-state index contributed by atoms with van der Waals surface area (Å²) < 4.78 is 2.52. The maximum atomic E-state index is 5.31. The molecule has 3 heteroatoms. The van der Waals surface area contributed by atoms with Crippen LogP contribution >= 0.6 is 11.3 Å². The maximum Gasteiger partial charge on any atom is 0.160 e. The molecule has 1 aliphatic rings. The minimum atomic E-state index is -0.438. The molecule has 0 aliphatic heterocycles. The third-order valence-electron chi connectivity index (χ3n) is 11.4. The van der Waals surface area contributed by atoms with Crippen LogP contribution in [0.4, 0.5) is 0 Å². The molecule has 2 nitrogen and oxygen atoms in total. The predicted octanol–water partition coefficient (Wildman–Crippen LogP) is 13.9. The second-order valence-electron chi connectivity index (χ2n) is 14.4. The summed E-state index contributed by atoms with van der Waals surface area (Å²) in [6.45, 7) is 0. The van der Waals surface area contributed by atoms with Crippen LogP contribution in [0.3, 0.4) is 0 Å². The van der Waals surface area contributed by atoms with Crippen LogP contribution in [-0.4, -0.2) is 9.97 Å². The van der Waals surface area contributed by atoms with Crippen molar-refractivity contribution in [1.29, 1.82) is 0 Å². The monoisotopic (exact) mass is 730 g/mol. The van der Waals surface area contributed by atoms with Crippen LogP contribution in [0.15, 0.2) is 206 Å². The highest BCUT2D eigenvalue weighted by Crippen LogP contribution is 2.57. The third kappa shape index (κ3) is 5.02. The Kier molecular flexibility index (Phi) is 7.61. The lowest BCUT2D eigenvalue weighted by atomic mass is 9.67. The van der Waals surface area contributed by atoms with Gasteiger partial charge in [-0.15, -0.1) is 11.3 Å². The van der Waals surface area contributed by atoms with Crippen LogP contribution in [0.1, 0.15) is 22.3 Å². The predicted molar refractivity (Wildman–Crippen MR) is 234 cm³/mol. The first kappa shape index (κ1) is 32.5. The van der Waals surface area contributed by atoms with Gasteiger partial charge in [-0.1, -0.05) is 188 Å². The summed E-state index contributed by atoms with van der Waals surface area (Å²) in [5.74, 6) is 0.712. The quantitative estimate of drug-likeness (QED) is 0.170. The Morgan fingerprint density at radius 2 is 0.911 bits per heavy atom. The van der Waals surface area contributed by atoms with Crippen molar-refractivity contribution >= 4 is 31.5 Å². The van der Waals surface area contributed by atoms with Crippen LogP contribution in [0.2, 0.25) is 0 Å². The Bertz CT molecular complexity index is 3040. The van der Waals surface area contributed by atoms with Crippen LogP contribution in [0.5, 0.6) is 0 Å². The van der Waals surface area contributed by atoms with Gasteiger partial charge in [-0.05, 0) is 62.7 Å². The van der Waals surface area contributed by atoms with E-state index < -0.39 is 5.41 Å². The number of thiophene rings is 1. The Balaban J connectivity index is 1.12. The molecule has 2 aromatic heterocycles. The van der Waals surface area contributed by atoms with Gasteiger partial charge in [0.1, 0.15) is 0 Å². The van der Waals surface area contributed by atoms with Crippen LogP contribution in [0, 0.1) is 0 Å². The van der Waals surface area contributed by atoms with E-state index in [-0.39, 0.29) is 0 Å². The summed E-state index contributed by atoms with van der Waals surface area (Å²) in [7, 11) is 0. The minimum Gasteiger partial charge on any atom is -0.228 e. The van der Waals surface area contributed by atoms with Gasteiger partial charge >= 0.3 is 0 Å². The SMILES string of the molecule is c1ccc(-c2nc(-c3ccccc3-c3ccc4c(c3)-c3ccccc3C4(c3ccccc3)c3ccccc3)cc(-c3cccc4c3sc3ccccc34)n2)cc1. The number of benzene rings is 8. The van der Waals surface area contributed by atoms with Crippen molar-refractivity contribution in [3.8, 4) is 56.2 Å². The van der Waals surface area contributed by atoms with Gasteiger partial charge in [0.2, 0.25) is 0 Å². The smallest absolute Gasteiger partial charge is 0.160 e. The topological polar surface area (TPSA) is 25.8 Å². The lowest BCUT2D eigenvalue weighted by molar-refractivity contribution is 0.768. The highest BCUT2D eigenvalue weighted by Gasteiger charge is 2.46. The van der Waals surface area contributed by atoms with Gasteiger partial charge < -0.3 is 0 Å². The van der Waals surface area contributed by atoms with E-state index in [0.717, 1.165) is 39.2 Å². The summed E-state index contributed by atoms with van der Waals surface area (Å²) >= 11 is 1.83. The first-order valence-corrected chi connectivity index (χ1v) is 19.9. The molecule has 10 aromatic rings. The normalized spacial score (nSPS) is 12.8. The molecule has 0 atom stereocenters. The van der Waals surface area contributed by atoms with Crippen molar-refractivity contribution in [2.24, 2.45) is 0 Å². The number of hydrogen-bond donors (Lipinski definition) is 0. The molecule has 0 unspecified atom stereocenters. The zero-order valence-corrected chi connectivity index (χ0v) is 31.2. The fourth-order valence-corrected chi connectivity index (χ4v) is 10.2. The number of hydrogen-bond acceptors (Lipinski definition) is 3. The minimum absolute atomic E-state index is 0.438.